The Kier molecular flexibility index (Phi) is 10.8. The van der Waals surface area contributed by atoms with Crippen LogP contribution < -0.4 is 15.4 Å². The standard InChI is InChI=1S/C29H39N3O8/c1-29(2,3)40-24(35)13-8-6-4-5-7-9-17-30-22(33)16-18-39-21-12-10-11-19-25(21)28(38)32(27(19)37)20-14-15-23(34)31-26(20)36/h10-12,20H,4-9,13-18H2,1-3H3,(H,30,33)(H,31,34,36). The summed E-state index contributed by atoms with van der Waals surface area (Å²) in [5, 5.41) is 5.02. The molecule has 1 aromatic carbocycles. The summed E-state index contributed by atoms with van der Waals surface area (Å²) in [6, 6.07) is 3.55. The fourth-order valence-corrected chi connectivity index (χ4v) is 4.67. The van der Waals surface area contributed by atoms with E-state index in [-0.39, 0.29) is 54.6 Å². The SMILES string of the molecule is CC(C)(C)OC(=O)CCCCCCCCNC(=O)CCOc1cccc2c1C(=O)N(C1CCC(=O)NC1=O)C2=O. The van der Waals surface area contributed by atoms with Crippen molar-refractivity contribution in [3.05, 3.63) is 29.3 Å². The van der Waals surface area contributed by atoms with Crippen LogP contribution in [0.15, 0.2) is 18.2 Å². The number of nitrogens with one attached hydrogen (secondary N) is 2. The summed E-state index contributed by atoms with van der Waals surface area (Å²) in [6.07, 6.45) is 6.26. The molecule has 0 radical (unpaired) electrons. The monoisotopic (exact) mass is 557 g/mol. The van der Waals surface area contributed by atoms with Gasteiger partial charge in [-0.3, -0.25) is 39.0 Å². The molecule has 2 heterocycles. The van der Waals surface area contributed by atoms with Crippen molar-refractivity contribution in [2.75, 3.05) is 13.2 Å². The molecule has 0 saturated carbocycles. The lowest BCUT2D eigenvalue weighted by Crippen LogP contribution is -2.54. The molecule has 11 heteroatoms. The van der Waals surface area contributed by atoms with Gasteiger partial charge in [-0.15, -0.1) is 0 Å². The average molecular weight is 558 g/mol. The normalized spacial score (nSPS) is 17.0. The first-order chi connectivity index (χ1) is 19.0. The number of piperidine rings is 1. The quantitative estimate of drug-likeness (QED) is 0.201. The van der Waals surface area contributed by atoms with Crippen LogP contribution in [0.5, 0.6) is 5.75 Å². The van der Waals surface area contributed by atoms with Crippen LogP contribution in [0.1, 0.15) is 106 Å². The second-order valence-corrected chi connectivity index (χ2v) is 11.0. The maximum atomic E-state index is 13.1. The van der Waals surface area contributed by atoms with Crippen LogP contribution in [0.3, 0.4) is 0 Å². The summed E-state index contributed by atoms with van der Waals surface area (Å²) in [5.41, 5.74) is -0.263. The van der Waals surface area contributed by atoms with E-state index in [2.05, 4.69) is 10.6 Å². The van der Waals surface area contributed by atoms with E-state index in [0.29, 0.717) is 13.0 Å². The molecule has 3 rings (SSSR count). The molecule has 1 saturated heterocycles. The maximum absolute atomic E-state index is 13.1. The Morgan fingerprint density at radius 3 is 2.38 bits per heavy atom. The average Bonchev–Trinajstić information content (AvgIpc) is 3.12. The van der Waals surface area contributed by atoms with E-state index < -0.39 is 35.3 Å². The Labute approximate surface area is 234 Å². The molecule has 11 nitrogen and oxygen atoms in total. The Balaban J connectivity index is 1.32. The highest BCUT2D eigenvalue weighted by Gasteiger charge is 2.46. The number of hydrogen-bond donors (Lipinski definition) is 2. The first-order valence-electron chi connectivity index (χ1n) is 13.9. The molecule has 1 aromatic rings. The molecule has 5 amide bonds. The third-order valence-electron chi connectivity index (χ3n) is 6.57. The predicted molar refractivity (Wildman–Crippen MR) is 144 cm³/mol. The maximum Gasteiger partial charge on any atom is 0.306 e. The van der Waals surface area contributed by atoms with Crippen LogP contribution in [0.25, 0.3) is 0 Å². The minimum Gasteiger partial charge on any atom is -0.492 e. The van der Waals surface area contributed by atoms with Crippen LogP contribution in [0.4, 0.5) is 0 Å². The fourth-order valence-electron chi connectivity index (χ4n) is 4.67. The van der Waals surface area contributed by atoms with Gasteiger partial charge in [-0.05, 0) is 52.2 Å². The van der Waals surface area contributed by atoms with Crippen molar-refractivity contribution in [1.82, 2.24) is 15.5 Å². The van der Waals surface area contributed by atoms with Crippen molar-refractivity contribution < 1.29 is 38.2 Å². The number of ether oxygens (including phenoxy) is 2. The molecule has 218 valence electrons. The molecule has 2 aliphatic heterocycles. The van der Waals surface area contributed by atoms with Crippen molar-refractivity contribution in [2.45, 2.75) is 96.6 Å². The number of esters is 1. The summed E-state index contributed by atoms with van der Waals surface area (Å²) in [4.78, 5) is 74.4. The van der Waals surface area contributed by atoms with Gasteiger partial charge in [0.1, 0.15) is 17.4 Å². The zero-order valence-electron chi connectivity index (χ0n) is 23.5. The second kappa shape index (κ2) is 14.0. The van der Waals surface area contributed by atoms with Crippen LogP contribution in [0, 0.1) is 0 Å². The molecule has 0 aromatic heterocycles. The minimum absolute atomic E-state index is 0.0137. The molecule has 1 atom stereocenters. The molecule has 0 spiro atoms. The third kappa shape index (κ3) is 8.62. The number of nitrogens with zero attached hydrogens (tertiary/aromatic N) is 1. The number of carbonyl (C=O) groups is 6. The molecule has 1 fully saturated rings. The van der Waals surface area contributed by atoms with Crippen LogP contribution >= 0.6 is 0 Å². The van der Waals surface area contributed by atoms with E-state index in [4.69, 9.17) is 9.47 Å². The number of unbranched alkanes of at least 4 members (excludes halogenated alkanes) is 5. The highest BCUT2D eigenvalue weighted by Crippen LogP contribution is 2.33. The van der Waals surface area contributed by atoms with Gasteiger partial charge in [0.25, 0.3) is 11.8 Å². The molecule has 2 N–H and O–H groups in total. The Morgan fingerprint density at radius 2 is 1.68 bits per heavy atom. The smallest absolute Gasteiger partial charge is 0.306 e. The highest BCUT2D eigenvalue weighted by atomic mass is 16.6. The second-order valence-electron chi connectivity index (χ2n) is 11.0. The van der Waals surface area contributed by atoms with Gasteiger partial charge in [-0.25, -0.2) is 0 Å². The van der Waals surface area contributed by atoms with Crippen molar-refractivity contribution in [1.29, 1.82) is 0 Å². The van der Waals surface area contributed by atoms with Crippen molar-refractivity contribution in [3.8, 4) is 5.75 Å². The largest absolute Gasteiger partial charge is 0.492 e. The molecule has 40 heavy (non-hydrogen) atoms. The zero-order chi connectivity index (χ0) is 29.3. The van der Waals surface area contributed by atoms with E-state index in [1.807, 2.05) is 20.8 Å². The van der Waals surface area contributed by atoms with Gasteiger partial charge in [0.15, 0.2) is 0 Å². The van der Waals surface area contributed by atoms with Crippen molar-refractivity contribution in [3.63, 3.8) is 0 Å². The van der Waals surface area contributed by atoms with Gasteiger partial charge < -0.3 is 14.8 Å². The van der Waals surface area contributed by atoms with Crippen molar-refractivity contribution >= 4 is 35.5 Å². The first-order valence-corrected chi connectivity index (χ1v) is 13.9. The minimum atomic E-state index is -1.05. The predicted octanol–water partition coefficient (Wildman–Crippen LogP) is 3.05. The van der Waals surface area contributed by atoms with Crippen molar-refractivity contribution in [2.24, 2.45) is 0 Å². The van der Waals surface area contributed by atoms with Crippen LogP contribution in [0.2, 0.25) is 0 Å². The van der Waals surface area contributed by atoms with Gasteiger partial charge >= 0.3 is 5.97 Å². The Bertz CT molecular complexity index is 1140. The topological polar surface area (TPSA) is 148 Å². The van der Waals surface area contributed by atoms with Gasteiger partial charge in [0.2, 0.25) is 17.7 Å². The lowest BCUT2D eigenvalue weighted by molar-refractivity contribution is -0.155. The number of fused-ring (bicyclic) bond motifs is 1. The van der Waals surface area contributed by atoms with Gasteiger partial charge in [-0.1, -0.05) is 31.7 Å². The van der Waals surface area contributed by atoms with E-state index in [1.54, 1.807) is 12.1 Å². The molecule has 0 aliphatic carbocycles. The van der Waals surface area contributed by atoms with E-state index in [9.17, 15) is 28.8 Å². The molecular formula is C29H39N3O8. The summed E-state index contributed by atoms with van der Waals surface area (Å²) in [7, 11) is 0. The van der Waals surface area contributed by atoms with Gasteiger partial charge in [0.05, 0.1) is 24.2 Å². The van der Waals surface area contributed by atoms with E-state index in [0.717, 1.165) is 43.4 Å². The van der Waals surface area contributed by atoms with Crippen LogP contribution in [-0.2, 0) is 23.9 Å². The number of benzene rings is 1. The molecular weight excluding hydrogens is 518 g/mol. The third-order valence-corrected chi connectivity index (χ3v) is 6.57. The number of imide groups is 2. The van der Waals surface area contributed by atoms with E-state index in [1.165, 1.54) is 6.07 Å². The number of rotatable bonds is 14. The molecule has 2 aliphatic rings. The Hall–Kier alpha value is -3.76. The molecule has 1 unspecified atom stereocenters. The zero-order valence-corrected chi connectivity index (χ0v) is 23.5. The first kappa shape index (κ1) is 30.8. The lowest BCUT2D eigenvalue weighted by atomic mass is 10.0. The summed E-state index contributed by atoms with van der Waals surface area (Å²) >= 11 is 0. The number of amides is 5. The summed E-state index contributed by atoms with van der Waals surface area (Å²) in [5.74, 6) is -2.55. The van der Waals surface area contributed by atoms with Gasteiger partial charge in [0, 0.05) is 19.4 Å². The summed E-state index contributed by atoms with van der Waals surface area (Å²) in [6.45, 7) is 6.13. The van der Waals surface area contributed by atoms with Crippen LogP contribution in [-0.4, -0.2) is 65.2 Å². The van der Waals surface area contributed by atoms with E-state index >= 15 is 0 Å². The summed E-state index contributed by atoms with van der Waals surface area (Å²) < 4.78 is 11.0. The van der Waals surface area contributed by atoms with Gasteiger partial charge in [-0.2, -0.15) is 0 Å². The highest BCUT2D eigenvalue weighted by molar-refractivity contribution is 6.24. The number of hydrogen-bond acceptors (Lipinski definition) is 8. The molecule has 0 bridgehead atoms. The lowest BCUT2D eigenvalue weighted by Gasteiger charge is -2.27. The Morgan fingerprint density at radius 1 is 0.975 bits per heavy atom. The fraction of sp³-hybridized carbons (Fsp3) is 0.586. The number of carbonyl (C=O) groups excluding carboxylic acids is 6.